The van der Waals surface area contributed by atoms with Gasteiger partial charge in [-0.05, 0) is 19.8 Å². The molecule has 14 heavy (non-hydrogen) atoms. The van der Waals surface area contributed by atoms with E-state index in [2.05, 4.69) is 0 Å². The Hall–Kier alpha value is -0.900. The summed E-state index contributed by atoms with van der Waals surface area (Å²) in [7, 11) is 0. The van der Waals surface area contributed by atoms with E-state index in [1.54, 1.807) is 6.92 Å². The molecule has 1 aliphatic rings. The average Bonchev–Trinajstić information content (AvgIpc) is 2.16. The van der Waals surface area contributed by atoms with E-state index in [9.17, 15) is 14.7 Å². The molecular formula is C10H17NO3. The summed E-state index contributed by atoms with van der Waals surface area (Å²) in [5.74, 6) is -0.303. The largest absolute Gasteiger partial charge is 0.391 e. The van der Waals surface area contributed by atoms with E-state index in [0.717, 1.165) is 0 Å². The molecule has 1 heterocycles. The van der Waals surface area contributed by atoms with Crippen molar-refractivity contribution in [1.82, 2.24) is 4.90 Å². The summed E-state index contributed by atoms with van der Waals surface area (Å²) in [5.41, 5.74) is 0. The summed E-state index contributed by atoms with van der Waals surface area (Å²) in [6, 6.07) is -0.389. The summed E-state index contributed by atoms with van der Waals surface area (Å²) in [6.07, 6.45) is 1.43. The molecule has 1 fully saturated rings. The summed E-state index contributed by atoms with van der Waals surface area (Å²) in [5, 5.41) is 9.57. The second-order valence-electron chi connectivity index (χ2n) is 3.73. The Labute approximate surface area is 83.9 Å². The molecule has 1 N–H and O–H groups in total. The fourth-order valence-corrected chi connectivity index (χ4v) is 1.74. The molecule has 4 nitrogen and oxygen atoms in total. The molecule has 1 aliphatic heterocycles. The summed E-state index contributed by atoms with van der Waals surface area (Å²) >= 11 is 0. The van der Waals surface area contributed by atoms with Gasteiger partial charge < -0.3 is 5.11 Å². The van der Waals surface area contributed by atoms with Gasteiger partial charge in [0.15, 0.2) is 0 Å². The van der Waals surface area contributed by atoms with Gasteiger partial charge >= 0.3 is 0 Å². The molecule has 2 unspecified atom stereocenters. The molecule has 80 valence electrons. The molecule has 0 aliphatic carbocycles. The van der Waals surface area contributed by atoms with Crippen molar-refractivity contribution in [3.05, 3.63) is 0 Å². The zero-order valence-electron chi connectivity index (χ0n) is 8.69. The van der Waals surface area contributed by atoms with E-state index in [1.165, 1.54) is 4.90 Å². The highest BCUT2D eigenvalue weighted by Crippen LogP contribution is 2.17. The summed E-state index contributed by atoms with van der Waals surface area (Å²) in [4.78, 5) is 24.1. The topological polar surface area (TPSA) is 57.6 Å². The maximum Gasteiger partial charge on any atom is 0.229 e. The third kappa shape index (κ3) is 2.12. The maximum atomic E-state index is 11.5. The predicted octanol–water partition coefficient (Wildman–Crippen LogP) is 0.685. The lowest BCUT2D eigenvalue weighted by atomic mass is 10.0. The van der Waals surface area contributed by atoms with Crippen LogP contribution in [0.15, 0.2) is 0 Å². The third-order valence-corrected chi connectivity index (χ3v) is 2.70. The fraction of sp³-hybridized carbons (Fsp3) is 0.800. The Morgan fingerprint density at radius 1 is 1.36 bits per heavy atom. The van der Waals surface area contributed by atoms with Gasteiger partial charge in [-0.25, -0.2) is 0 Å². The van der Waals surface area contributed by atoms with Crippen LogP contribution in [0.2, 0.25) is 0 Å². The summed E-state index contributed by atoms with van der Waals surface area (Å²) in [6.45, 7) is 3.55. The van der Waals surface area contributed by atoms with Crippen LogP contribution in [0.3, 0.4) is 0 Å². The molecule has 0 saturated carbocycles. The predicted molar refractivity (Wildman–Crippen MR) is 51.5 cm³/mol. The monoisotopic (exact) mass is 199 g/mol. The molecule has 0 aromatic rings. The number of amides is 2. The number of imide groups is 1. The number of hydrogen-bond donors (Lipinski definition) is 1. The number of carbonyl (C=O) groups is 2. The lowest BCUT2D eigenvalue weighted by Gasteiger charge is -2.33. The van der Waals surface area contributed by atoms with Crippen LogP contribution in [-0.4, -0.2) is 34.0 Å². The highest BCUT2D eigenvalue weighted by atomic mass is 16.3. The average molecular weight is 199 g/mol. The van der Waals surface area contributed by atoms with Gasteiger partial charge in [-0.3, -0.25) is 14.5 Å². The molecule has 2 amide bonds. The van der Waals surface area contributed by atoms with E-state index in [-0.39, 0.29) is 17.9 Å². The van der Waals surface area contributed by atoms with Crippen LogP contribution in [0.5, 0.6) is 0 Å². The van der Waals surface area contributed by atoms with Gasteiger partial charge in [0.05, 0.1) is 12.1 Å². The van der Waals surface area contributed by atoms with Crippen LogP contribution >= 0.6 is 0 Å². The van der Waals surface area contributed by atoms with Gasteiger partial charge in [0.25, 0.3) is 0 Å². The fourth-order valence-electron chi connectivity index (χ4n) is 1.74. The SMILES string of the molecule is CCC(O)C(C)N1C(=O)CCCC1=O. The zero-order chi connectivity index (χ0) is 10.7. The number of rotatable bonds is 3. The zero-order valence-corrected chi connectivity index (χ0v) is 8.69. The second kappa shape index (κ2) is 4.55. The van der Waals surface area contributed by atoms with Crippen LogP contribution in [-0.2, 0) is 9.59 Å². The standard InChI is InChI=1S/C10H17NO3/c1-3-8(12)7(2)11-9(13)5-4-6-10(11)14/h7-8,12H,3-6H2,1-2H3. The number of aliphatic hydroxyl groups is 1. The van der Waals surface area contributed by atoms with Crippen molar-refractivity contribution in [2.24, 2.45) is 0 Å². The molecule has 4 heteroatoms. The van der Waals surface area contributed by atoms with E-state index in [4.69, 9.17) is 0 Å². The Kier molecular flexibility index (Phi) is 3.63. The Bertz CT molecular complexity index is 224. The van der Waals surface area contributed by atoms with Crippen molar-refractivity contribution >= 4 is 11.8 Å². The lowest BCUT2D eigenvalue weighted by molar-refractivity contribution is -0.153. The minimum Gasteiger partial charge on any atom is -0.391 e. The Balaban J connectivity index is 2.72. The molecule has 2 atom stereocenters. The van der Waals surface area contributed by atoms with Crippen LogP contribution in [0, 0.1) is 0 Å². The van der Waals surface area contributed by atoms with Crippen LogP contribution in [0.25, 0.3) is 0 Å². The molecule has 0 aromatic heterocycles. The van der Waals surface area contributed by atoms with Gasteiger partial charge in [-0.1, -0.05) is 6.92 Å². The molecule has 0 bridgehead atoms. The van der Waals surface area contributed by atoms with Crippen molar-refractivity contribution in [3.63, 3.8) is 0 Å². The Morgan fingerprint density at radius 3 is 2.29 bits per heavy atom. The smallest absolute Gasteiger partial charge is 0.229 e. The van der Waals surface area contributed by atoms with E-state index in [0.29, 0.717) is 25.7 Å². The first-order valence-electron chi connectivity index (χ1n) is 5.11. The number of aliphatic hydroxyl groups excluding tert-OH is 1. The number of nitrogens with zero attached hydrogens (tertiary/aromatic N) is 1. The van der Waals surface area contributed by atoms with Gasteiger partial charge in [0.1, 0.15) is 0 Å². The van der Waals surface area contributed by atoms with Gasteiger partial charge in [-0.15, -0.1) is 0 Å². The normalized spacial score (nSPS) is 22.4. The van der Waals surface area contributed by atoms with E-state index < -0.39 is 6.10 Å². The van der Waals surface area contributed by atoms with E-state index in [1.807, 2.05) is 6.92 Å². The van der Waals surface area contributed by atoms with Crippen LogP contribution in [0.4, 0.5) is 0 Å². The molecule has 1 rings (SSSR count). The highest BCUT2D eigenvalue weighted by Gasteiger charge is 2.32. The minimum absolute atomic E-state index is 0.152. The maximum absolute atomic E-state index is 11.5. The second-order valence-corrected chi connectivity index (χ2v) is 3.73. The molecule has 0 spiro atoms. The molecule has 1 saturated heterocycles. The quantitative estimate of drug-likeness (QED) is 0.680. The van der Waals surface area contributed by atoms with Crippen molar-refractivity contribution in [2.45, 2.75) is 51.7 Å². The van der Waals surface area contributed by atoms with Crippen LogP contribution < -0.4 is 0 Å². The highest BCUT2D eigenvalue weighted by molar-refractivity contribution is 5.97. The first-order valence-corrected chi connectivity index (χ1v) is 5.11. The first kappa shape index (κ1) is 11.2. The first-order chi connectivity index (χ1) is 6.57. The van der Waals surface area contributed by atoms with E-state index >= 15 is 0 Å². The van der Waals surface area contributed by atoms with Crippen molar-refractivity contribution in [2.75, 3.05) is 0 Å². The number of carbonyl (C=O) groups excluding carboxylic acids is 2. The third-order valence-electron chi connectivity index (χ3n) is 2.70. The molecule has 0 radical (unpaired) electrons. The summed E-state index contributed by atoms with van der Waals surface area (Å²) < 4.78 is 0. The lowest BCUT2D eigenvalue weighted by Crippen LogP contribution is -2.50. The van der Waals surface area contributed by atoms with Gasteiger partial charge in [0.2, 0.25) is 11.8 Å². The van der Waals surface area contributed by atoms with Gasteiger partial charge in [-0.2, -0.15) is 0 Å². The van der Waals surface area contributed by atoms with Gasteiger partial charge in [0, 0.05) is 12.8 Å². The van der Waals surface area contributed by atoms with Crippen LogP contribution in [0.1, 0.15) is 39.5 Å². The van der Waals surface area contributed by atoms with Crippen molar-refractivity contribution in [3.8, 4) is 0 Å². The minimum atomic E-state index is -0.610. The number of hydrogen-bond acceptors (Lipinski definition) is 3. The Morgan fingerprint density at radius 2 is 1.86 bits per heavy atom. The number of likely N-dealkylation sites (tertiary alicyclic amines) is 1. The molecule has 0 aromatic carbocycles. The van der Waals surface area contributed by atoms with Crippen molar-refractivity contribution < 1.29 is 14.7 Å². The molecular weight excluding hydrogens is 182 g/mol. The van der Waals surface area contributed by atoms with Crippen molar-refractivity contribution in [1.29, 1.82) is 0 Å². The number of piperidine rings is 1.